The zero-order valence-electron chi connectivity index (χ0n) is 8.97. The van der Waals surface area contributed by atoms with E-state index >= 15 is 0 Å². The average Bonchev–Trinajstić information content (AvgIpc) is 2.31. The highest BCUT2D eigenvalue weighted by Crippen LogP contribution is 2.38. The van der Waals surface area contributed by atoms with Gasteiger partial charge in [0, 0.05) is 10.5 Å². The maximum Gasteiger partial charge on any atom is 0.313 e. The molecule has 2 aromatic rings. The van der Waals surface area contributed by atoms with Crippen LogP contribution in [0.3, 0.4) is 0 Å². The number of nitro benzene ring substituents is 1. The molecule has 0 saturated heterocycles. The molecule has 4 nitrogen and oxygen atoms in total. The fourth-order valence-corrected chi connectivity index (χ4v) is 1.98. The van der Waals surface area contributed by atoms with Crippen LogP contribution < -0.4 is 4.74 Å². The third-order valence-corrected chi connectivity index (χ3v) is 2.95. The number of hydrogen-bond donors (Lipinski definition) is 0. The van der Waals surface area contributed by atoms with Crippen molar-refractivity contribution >= 4 is 33.2 Å². The van der Waals surface area contributed by atoms with Crippen LogP contribution in [-0.4, -0.2) is 4.92 Å². The fourth-order valence-electron chi connectivity index (χ4n) is 1.39. The third kappa shape index (κ3) is 2.80. The second-order valence-corrected chi connectivity index (χ2v) is 4.73. The summed E-state index contributed by atoms with van der Waals surface area (Å²) >= 11 is 9.22. The lowest BCUT2D eigenvalue weighted by Crippen LogP contribution is -1.94. The summed E-state index contributed by atoms with van der Waals surface area (Å²) in [4.78, 5) is 10.4. The first kappa shape index (κ1) is 12.9. The molecule has 0 aliphatic carbocycles. The Kier molecular flexibility index (Phi) is 3.84. The van der Waals surface area contributed by atoms with E-state index < -0.39 is 4.92 Å². The summed E-state index contributed by atoms with van der Waals surface area (Å²) < 4.78 is 6.29. The van der Waals surface area contributed by atoms with Crippen molar-refractivity contribution in [3.63, 3.8) is 0 Å². The summed E-state index contributed by atoms with van der Waals surface area (Å²) in [7, 11) is 0. The van der Waals surface area contributed by atoms with Gasteiger partial charge in [0.25, 0.3) is 0 Å². The summed E-state index contributed by atoms with van der Waals surface area (Å²) in [5, 5.41) is 11.1. The van der Waals surface area contributed by atoms with Crippen LogP contribution >= 0.6 is 27.5 Å². The first-order chi connectivity index (χ1) is 8.58. The van der Waals surface area contributed by atoms with Crippen LogP contribution in [0, 0.1) is 10.1 Å². The van der Waals surface area contributed by atoms with Gasteiger partial charge < -0.3 is 4.74 Å². The van der Waals surface area contributed by atoms with Crippen molar-refractivity contribution in [1.82, 2.24) is 0 Å². The van der Waals surface area contributed by atoms with Crippen LogP contribution in [0.25, 0.3) is 0 Å². The van der Waals surface area contributed by atoms with Crippen LogP contribution in [0.4, 0.5) is 5.69 Å². The summed E-state index contributed by atoms with van der Waals surface area (Å²) in [5.74, 6) is 0.517. The number of ether oxygens (including phenoxy) is 1. The summed E-state index contributed by atoms with van der Waals surface area (Å²) in [5.41, 5.74) is -0.164. The molecule has 2 aromatic carbocycles. The highest BCUT2D eigenvalue weighted by molar-refractivity contribution is 9.10. The maximum atomic E-state index is 10.9. The van der Waals surface area contributed by atoms with E-state index in [0.717, 1.165) is 4.47 Å². The number of rotatable bonds is 3. The third-order valence-electron chi connectivity index (χ3n) is 2.16. The quantitative estimate of drug-likeness (QED) is 0.600. The van der Waals surface area contributed by atoms with Gasteiger partial charge in [-0.1, -0.05) is 39.7 Å². The first-order valence-corrected chi connectivity index (χ1v) is 6.11. The van der Waals surface area contributed by atoms with E-state index in [4.69, 9.17) is 16.3 Å². The minimum atomic E-state index is -0.529. The Labute approximate surface area is 116 Å². The molecular weight excluding hydrogens is 321 g/mol. The Morgan fingerprint density at radius 1 is 1.22 bits per heavy atom. The molecule has 0 fully saturated rings. The molecule has 0 bridgehead atoms. The monoisotopic (exact) mass is 327 g/mol. The minimum Gasteiger partial charge on any atom is -0.448 e. The number of nitro groups is 1. The summed E-state index contributed by atoms with van der Waals surface area (Å²) in [6, 6.07) is 11.4. The topological polar surface area (TPSA) is 52.4 Å². The lowest BCUT2D eigenvalue weighted by atomic mass is 10.3. The van der Waals surface area contributed by atoms with Gasteiger partial charge in [0.1, 0.15) is 5.75 Å². The van der Waals surface area contributed by atoms with E-state index in [9.17, 15) is 10.1 Å². The van der Waals surface area contributed by atoms with E-state index in [-0.39, 0.29) is 16.5 Å². The number of halogens is 2. The van der Waals surface area contributed by atoms with Crippen LogP contribution in [0.5, 0.6) is 11.5 Å². The Balaban J connectivity index is 2.42. The molecule has 0 aliphatic rings. The van der Waals surface area contributed by atoms with Crippen LogP contribution in [0.1, 0.15) is 0 Å². The number of para-hydroxylation sites is 1. The Bertz CT molecular complexity index is 604. The van der Waals surface area contributed by atoms with Crippen molar-refractivity contribution in [3.05, 3.63) is 62.1 Å². The Morgan fingerprint density at radius 3 is 2.61 bits per heavy atom. The van der Waals surface area contributed by atoms with Gasteiger partial charge in [0.2, 0.25) is 5.75 Å². The molecule has 0 heterocycles. The van der Waals surface area contributed by atoms with Crippen molar-refractivity contribution in [2.45, 2.75) is 0 Å². The highest BCUT2D eigenvalue weighted by Gasteiger charge is 2.18. The second-order valence-electron chi connectivity index (χ2n) is 3.40. The molecule has 0 atom stereocenters. The normalized spacial score (nSPS) is 10.1. The summed E-state index contributed by atoms with van der Waals surface area (Å²) in [6.45, 7) is 0. The van der Waals surface area contributed by atoms with E-state index in [0.29, 0.717) is 5.75 Å². The van der Waals surface area contributed by atoms with Crippen molar-refractivity contribution in [2.75, 3.05) is 0 Å². The number of nitrogens with zero attached hydrogens (tertiary/aromatic N) is 1. The Morgan fingerprint density at radius 2 is 1.94 bits per heavy atom. The van der Waals surface area contributed by atoms with Gasteiger partial charge in [-0.25, -0.2) is 0 Å². The largest absolute Gasteiger partial charge is 0.448 e. The van der Waals surface area contributed by atoms with Gasteiger partial charge in [-0.15, -0.1) is 0 Å². The molecule has 0 amide bonds. The van der Waals surface area contributed by atoms with E-state index in [2.05, 4.69) is 15.9 Å². The first-order valence-electron chi connectivity index (χ1n) is 4.94. The smallest absolute Gasteiger partial charge is 0.313 e. The molecule has 18 heavy (non-hydrogen) atoms. The molecular formula is C12H7BrClNO3. The molecule has 6 heteroatoms. The van der Waals surface area contributed by atoms with Crippen molar-refractivity contribution in [1.29, 1.82) is 0 Å². The lowest BCUT2D eigenvalue weighted by Gasteiger charge is -2.08. The van der Waals surface area contributed by atoms with Crippen LogP contribution in [-0.2, 0) is 0 Å². The SMILES string of the molecule is O=[N+]([O-])c1cccc(Cl)c1Oc1cccc(Br)c1. The number of benzene rings is 2. The molecule has 0 spiro atoms. The molecule has 0 aromatic heterocycles. The van der Waals surface area contributed by atoms with Gasteiger partial charge in [-0.2, -0.15) is 0 Å². The average molecular weight is 329 g/mol. The van der Waals surface area contributed by atoms with E-state index in [1.807, 2.05) is 6.07 Å². The molecule has 92 valence electrons. The molecule has 0 unspecified atom stereocenters. The van der Waals surface area contributed by atoms with E-state index in [1.165, 1.54) is 12.1 Å². The van der Waals surface area contributed by atoms with Crippen molar-refractivity contribution in [3.8, 4) is 11.5 Å². The predicted octanol–water partition coefficient (Wildman–Crippen LogP) is 4.80. The second kappa shape index (κ2) is 5.37. The molecule has 0 radical (unpaired) electrons. The zero-order chi connectivity index (χ0) is 13.1. The summed E-state index contributed by atoms with van der Waals surface area (Å²) in [6.07, 6.45) is 0. The van der Waals surface area contributed by atoms with Crippen LogP contribution in [0.15, 0.2) is 46.9 Å². The van der Waals surface area contributed by atoms with Gasteiger partial charge >= 0.3 is 5.69 Å². The van der Waals surface area contributed by atoms with Gasteiger partial charge in [-0.3, -0.25) is 10.1 Å². The number of hydrogen-bond acceptors (Lipinski definition) is 3. The van der Waals surface area contributed by atoms with Crippen LogP contribution in [0.2, 0.25) is 5.02 Å². The van der Waals surface area contributed by atoms with Crippen molar-refractivity contribution < 1.29 is 9.66 Å². The molecule has 0 aliphatic heterocycles. The molecule has 2 rings (SSSR count). The van der Waals surface area contributed by atoms with Gasteiger partial charge in [0.05, 0.1) is 9.95 Å². The van der Waals surface area contributed by atoms with Gasteiger partial charge in [0.15, 0.2) is 0 Å². The zero-order valence-corrected chi connectivity index (χ0v) is 11.3. The van der Waals surface area contributed by atoms with E-state index in [1.54, 1.807) is 24.3 Å². The Hall–Kier alpha value is -1.59. The van der Waals surface area contributed by atoms with Gasteiger partial charge in [-0.05, 0) is 24.3 Å². The predicted molar refractivity (Wildman–Crippen MR) is 72.3 cm³/mol. The maximum absolute atomic E-state index is 10.9. The standard InChI is InChI=1S/C12H7BrClNO3/c13-8-3-1-4-9(7-8)18-12-10(14)5-2-6-11(12)15(16)17/h1-7H. The fraction of sp³-hybridized carbons (Fsp3) is 0. The molecule has 0 saturated carbocycles. The lowest BCUT2D eigenvalue weighted by molar-refractivity contribution is -0.385. The molecule has 0 N–H and O–H groups in total. The minimum absolute atomic E-state index is 0.0438. The van der Waals surface area contributed by atoms with Crippen molar-refractivity contribution in [2.24, 2.45) is 0 Å². The highest BCUT2D eigenvalue weighted by atomic mass is 79.9.